The summed E-state index contributed by atoms with van der Waals surface area (Å²) >= 11 is 3.07. The first-order chi connectivity index (χ1) is 6.24. The minimum atomic E-state index is -0.453. The fourth-order valence-corrected chi connectivity index (χ4v) is 1.09. The summed E-state index contributed by atoms with van der Waals surface area (Å²) in [5.74, 6) is 0.584. The van der Waals surface area contributed by atoms with E-state index in [1.165, 1.54) is 0 Å². The number of carbonyl (C=O) groups is 1. The van der Waals surface area contributed by atoms with Crippen LogP contribution < -0.4 is 10.1 Å². The Hall–Kier alpha value is -1.03. The Labute approximate surface area is 85.2 Å². The van der Waals surface area contributed by atoms with Crippen molar-refractivity contribution in [3.8, 4) is 5.75 Å². The van der Waals surface area contributed by atoms with Crippen molar-refractivity contribution in [1.82, 2.24) is 5.32 Å². The number of alkyl halides is 1. The summed E-state index contributed by atoms with van der Waals surface area (Å²) in [4.78, 5) is 11.0. The summed E-state index contributed by atoms with van der Waals surface area (Å²) in [6.07, 6.45) is -0.453. The minimum Gasteiger partial charge on any atom is -0.410 e. The molecular formula is C9H10BrNO2. The zero-order valence-corrected chi connectivity index (χ0v) is 8.80. The molecule has 0 unspecified atom stereocenters. The van der Waals surface area contributed by atoms with Gasteiger partial charge in [0.1, 0.15) is 5.75 Å². The van der Waals surface area contributed by atoms with E-state index in [-0.39, 0.29) is 0 Å². The lowest BCUT2D eigenvalue weighted by molar-refractivity contribution is 0.202. The van der Waals surface area contributed by atoms with Gasteiger partial charge in [-0.15, -0.1) is 0 Å². The van der Waals surface area contributed by atoms with Gasteiger partial charge in [-0.25, -0.2) is 4.79 Å². The van der Waals surface area contributed by atoms with Gasteiger partial charge in [0.2, 0.25) is 0 Å². The number of para-hydroxylation sites is 1. The molecule has 0 aliphatic heterocycles. The molecule has 70 valence electrons. The Balaban J connectivity index is 2.63. The molecule has 0 saturated carbocycles. The highest BCUT2D eigenvalue weighted by Crippen LogP contribution is 2.15. The van der Waals surface area contributed by atoms with Crippen molar-refractivity contribution in [2.24, 2.45) is 0 Å². The number of carbonyl (C=O) groups excluding carboxylic acids is 1. The molecule has 0 aromatic heterocycles. The highest BCUT2D eigenvalue weighted by Gasteiger charge is 2.03. The third-order valence-corrected chi connectivity index (χ3v) is 1.79. The van der Waals surface area contributed by atoms with Crippen LogP contribution in [0.2, 0.25) is 0 Å². The molecule has 13 heavy (non-hydrogen) atoms. The van der Waals surface area contributed by atoms with E-state index in [0.717, 1.165) is 5.56 Å². The largest absolute Gasteiger partial charge is 0.413 e. The number of hydrogen-bond donors (Lipinski definition) is 1. The zero-order valence-electron chi connectivity index (χ0n) is 7.21. The van der Waals surface area contributed by atoms with Crippen molar-refractivity contribution < 1.29 is 9.53 Å². The molecule has 3 nitrogen and oxygen atoms in total. The topological polar surface area (TPSA) is 38.3 Å². The van der Waals surface area contributed by atoms with Crippen LogP contribution in [-0.4, -0.2) is 11.5 Å². The van der Waals surface area contributed by atoms with Crippen LogP contribution in [0.25, 0.3) is 0 Å². The molecule has 1 rings (SSSR count). The number of halogens is 1. The molecule has 4 heteroatoms. The number of nitrogens with one attached hydrogen (secondary N) is 1. The molecule has 0 atom stereocenters. The van der Waals surface area contributed by atoms with Crippen LogP contribution in [-0.2, 0) is 0 Å². The molecule has 0 saturated heterocycles. The van der Waals surface area contributed by atoms with Crippen LogP contribution in [0.3, 0.4) is 0 Å². The van der Waals surface area contributed by atoms with Gasteiger partial charge in [-0.1, -0.05) is 34.1 Å². The summed E-state index contributed by atoms with van der Waals surface area (Å²) in [5.41, 5.74) is 1.32. The second kappa shape index (κ2) is 4.87. The first-order valence-corrected chi connectivity index (χ1v) is 4.93. The molecule has 0 aliphatic rings. The summed E-state index contributed by atoms with van der Waals surface area (Å²) in [6.45, 7) is 1.89. The molecule has 0 bridgehead atoms. The Bertz CT molecular complexity index is 301. The molecule has 0 heterocycles. The molecule has 1 amide bonds. The van der Waals surface area contributed by atoms with Gasteiger partial charge in [0.15, 0.2) is 0 Å². The first kappa shape index (κ1) is 10.1. The van der Waals surface area contributed by atoms with Crippen molar-refractivity contribution >= 4 is 22.0 Å². The van der Waals surface area contributed by atoms with E-state index in [1.807, 2.05) is 25.1 Å². The van der Waals surface area contributed by atoms with Crippen LogP contribution >= 0.6 is 15.9 Å². The molecule has 0 fully saturated rings. The minimum absolute atomic E-state index is 0.387. The Morgan fingerprint density at radius 1 is 1.54 bits per heavy atom. The quantitative estimate of drug-likeness (QED) is 0.640. The Morgan fingerprint density at radius 2 is 2.23 bits per heavy atom. The van der Waals surface area contributed by atoms with Gasteiger partial charge in [0.25, 0.3) is 0 Å². The smallest absolute Gasteiger partial charge is 0.410 e. The Morgan fingerprint density at radius 3 is 2.85 bits per heavy atom. The molecule has 0 radical (unpaired) electrons. The van der Waals surface area contributed by atoms with Crippen molar-refractivity contribution in [1.29, 1.82) is 0 Å². The average Bonchev–Trinajstić information content (AvgIpc) is 2.09. The van der Waals surface area contributed by atoms with E-state index < -0.39 is 6.09 Å². The van der Waals surface area contributed by atoms with Crippen LogP contribution in [0.15, 0.2) is 24.3 Å². The maximum atomic E-state index is 11.0. The highest BCUT2D eigenvalue weighted by atomic mass is 79.9. The molecule has 0 spiro atoms. The molecular weight excluding hydrogens is 234 g/mol. The normalized spacial score (nSPS) is 9.38. The highest BCUT2D eigenvalue weighted by molar-refractivity contribution is 9.09. The molecule has 0 aliphatic carbocycles. The van der Waals surface area contributed by atoms with Crippen LogP contribution in [0.5, 0.6) is 5.75 Å². The standard InChI is InChI=1S/C9H10BrNO2/c1-7-4-2-3-5-8(7)13-9(12)11-6-10/h2-5H,6H2,1H3,(H,11,12). The van der Waals surface area contributed by atoms with Gasteiger partial charge in [0.05, 0.1) is 5.45 Å². The van der Waals surface area contributed by atoms with Crippen molar-refractivity contribution in [2.45, 2.75) is 6.92 Å². The van der Waals surface area contributed by atoms with Crippen molar-refractivity contribution in [3.63, 3.8) is 0 Å². The van der Waals surface area contributed by atoms with E-state index in [0.29, 0.717) is 11.2 Å². The van der Waals surface area contributed by atoms with Gasteiger partial charge in [-0.05, 0) is 18.6 Å². The summed E-state index contributed by atoms with van der Waals surface area (Å²) < 4.78 is 5.01. The first-order valence-electron chi connectivity index (χ1n) is 3.81. The van der Waals surface area contributed by atoms with Gasteiger partial charge >= 0.3 is 6.09 Å². The number of amides is 1. The third-order valence-electron chi connectivity index (χ3n) is 1.51. The van der Waals surface area contributed by atoms with Crippen LogP contribution in [0.1, 0.15) is 5.56 Å². The van der Waals surface area contributed by atoms with E-state index in [9.17, 15) is 4.79 Å². The number of ether oxygens (including phenoxy) is 1. The second-order valence-electron chi connectivity index (χ2n) is 2.47. The Kier molecular flexibility index (Phi) is 3.76. The predicted molar refractivity (Wildman–Crippen MR) is 54.1 cm³/mol. The lowest BCUT2D eigenvalue weighted by Gasteiger charge is -2.06. The fourth-order valence-electron chi connectivity index (χ4n) is 0.861. The van der Waals surface area contributed by atoms with E-state index >= 15 is 0 Å². The van der Waals surface area contributed by atoms with Crippen molar-refractivity contribution in [2.75, 3.05) is 5.45 Å². The fraction of sp³-hybridized carbons (Fsp3) is 0.222. The lowest BCUT2D eigenvalue weighted by atomic mass is 10.2. The molecule has 1 N–H and O–H groups in total. The van der Waals surface area contributed by atoms with Gasteiger partial charge in [-0.2, -0.15) is 0 Å². The van der Waals surface area contributed by atoms with Crippen LogP contribution in [0.4, 0.5) is 4.79 Å². The predicted octanol–water partition coefficient (Wildman–Crippen LogP) is 2.44. The molecule has 1 aromatic rings. The monoisotopic (exact) mass is 243 g/mol. The third kappa shape index (κ3) is 3.06. The summed E-state index contributed by atoms with van der Waals surface area (Å²) in [6, 6.07) is 7.36. The zero-order chi connectivity index (χ0) is 9.68. The number of rotatable bonds is 2. The maximum Gasteiger partial charge on any atom is 0.413 e. The number of benzene rings is 1. The van der Waals surface area contributed by atoms with Gasteiger partial charge in [-0.3, -0.25) is 0 Å². The van der Waals surface area contributed by atoms with Gasteiger partial charge in [0, 0.05) is 0 Å². The SMILES string of the molecule is Cc1ccccc1OC(=O)NCBr. The van der Waals surface area contributed by atoms with E-state index in [2.05, 4.69) is 21.2 Å². The maximum absolute atomic E-state index is 11.0. The second-order valence-corrected chi connectivity index (χ2v) is 3.03. The number of aryl methyl sites for hydroxylation is 1. The van der Waals surface area contributed by atoms with E-state index in [1.54, 1.807) is 6.07 Å². The average molecular weight is 244 g/mol. The summed E-state index contributed by atoms with van der Waals surface area (Å²) in [7, 11) is 0. The van der Waals surface area contributed by atoms with E-state index in [4.69, 9.17) is 4.74 Å². The van der Waals surface area contributed by atoms with Gasteiger partial charge < -0.3 is 10.1 Å². The molecule has 1 aromatic carbocycles. The summed E-state index contributed by atoms with van der Waals surface area (Å²) in [5, 5.41) is 2.48. The van der Waals surface area contributed by atoms with Crippen LogP contribution in [0, 0.1) is 6.92 Å². The number of hydrogen-bond acceptors (Lipinski definition) is 2. The lowest BCUT2D eigenvalue weighted by Crippen LogP contribution is -2.25. The van der Waals surface area contributed by atoms with Crippen molar-refractivity contribution in [3.05, 3.63) is 29.8 Å².